The molecule has 0 saturated carbocycles. The lowest BCUT2D eigenvalue weighted by atomic mass is 9.87. The summed E-state index contributed by atoms with van der Waals surface area (Å²) in [6.45, 7) is 8.16. The van der Waals surface area contributed by atoms with E-state index in [1.54, 1.807) is 6.92 Å². The van der Waals surface area contributed by atoms with Gasteiger partial charge >= 0.3 is 6.09 Å². The number of fused-ring (bicyclic) bond motifs is 1. The maximum Gasteiger partial charge on any atom is 0.404 e. The first-order valence-electron chi connectivity index (χ1n) is 6.93. The van der Waals surface area contributed by atoms with Gasteiger partial charge in [0, 0.05) is 0 Å². The summed E-state index contributed by atoms with van der Waals surface area (Å²) >= 11 is 0. The van der Waals surface area contributed by atoms with Crippen molar-refractivity contribution in [2.75, 3.05) is 0 Å². The first-order chi connectivity index (χ1) is 9.68. The van der Waals surface area contributed by atoms with E-state index in [1.165, 1.54) is 5.56 Å². The Kier molecular flexibility index (Phi) is 3.91. The van der Waals surface area contributed by atoms with Gasteiger partial charge in [-0.05, 0) is 30.0 Å². The number of carbonyl (C=O) groups is 1. The second-order valence-electron chi connectivity index (χ2n) is 6.37. The maximum absolute atomic E-state index is 10.7. The molecule has 2 atom stereocenters. The summed E-state index contributed by atoms with van der Waals surface area (Å²) in [6, 6.07) is 5.13. The van der Waals surface area contributed by atoms with Crippen LogP contribution >= 0.6 is 0 Å². The van der Waals surface area contributed by atoms with E-state index in [4.69, 9.17) is 10.8 Å². The molecule has 1 heterocycles. The number of carboxylic acid groups (broad SMARTS) is 1. The summed E-state index contributed by atoms with van der Waals surface area (Å²) in [6.07, 6.45) is -1.09. The molecule has 0 aliphatic heterocycles. The number of aromatic amines is 1. The van der Waals surface area contributed by atoms with Gasteiger partial charge in [-0.1, -0.05) is 26.8 Å². The van der Waals surface area contributed by atoms with Crippen molar-refractivity contribution in [2.45, 2.75) is 45.2 Å². The Bertz CT molecular complexity index is 657. The van der Waals surface area contributed by atoms with Gasteiger partial charge in [-0.2, -0.15) is 0 Å². The molecule has 0 aliphatic carbocycles. The van der Waals surface area contributed by atoms with Crippen LogP contribution in [0.2, 0.25) is 0 Å². The average Bonchev–Trinajstić information content (AvgIpc) is 2.78. The second kappa shape index (κ2) is 5.37. The molecular formula is C15H22N4O2. The van der Waals surface area contributed by atoms with Crippen molar-refractivity contribution in [1.82, 2.24) is 15.3 Å². The molecule has 1 aromatic carbocycles. The summed E-state index contributed by atoms with van der Waals surface area (Å²) in [7, 11) is 0. The number of hydrogen-bond donors (Lipinski definition) is 4. The van der Waals surface area contributed by atoms with Crippen molar-refractivity contribution in [1.29, 1.82) is 0 Å². The number of amides is 1. The normalized spacial score (nSPS) is 14.9. The van der Waals surface area contributed by atoms with Crippen LogP contribution in [-0.4, -0.2) is 27.2 Å². The Hall–Kier alpha value is -2.08. The third-order valence-corrected chi connectivity index (χ3v) is 3.57. The monoisotopic (exact) mass is 290 g/mol. The molecule has 1 aromatic heterocycles. The van der Waals surface area contributed by atoms with Crippen LogP contribution in [0.1, 0.15) is 45.1 Å². The van der Waals surface area contributed by atoms with Gasteiger partial charge in [0.1, 0.15) is 5.82 Å². The predicted octanol–water partition coefficient (Wildman–Crippen LogP) is 2.52. The van der Waals surface area contributed by atoms with E-state index >= 15 is 0 Å². The molecule has 6 heteroatoms. The van der Waals surface area contributed by atoms with E-state index in [0.29, 0.717) is 5.82 Å². The molecule has 0 aliphatic rings. The van der Waals surface area contributed by atoms with Crippen molar-refractivity contribution in [3.05, 3.63) is 29.6 Å². The molecule has 0 fully saturated rings. The minimum Gasteiger partial charge on any atom is -0.465 e. The fourth-order valence-electron chi connectivity index (χ4n) is 2.18. The van der Waals surface area contributed by atoms with E-state index < -0.39 is 18.2 Å². The molecule has 2 aromatic rings. The number of nitrogens with one attached hydrogen (secondary N) is 2. The predicted molar refractivity (Wildman–Crippen MR) is 82.3 cm³/mol. The molecule has 0 unspecified atom stereocenters. The highest BCUT2D eigenvalue weighted by atomic mass is 16.4. The summed E-state index contributed by atoms with van der Waals surface area (Å²) < 4.78 is 0. The van der Waals surface area contributed by atoms with Crippen LogP contribution in [0, 0.1) is 0 Å². The highest BCUT2D eigenvalue weighted by Gasteiger charge is 2.21. The average molecular weight is 290 g/mol. The van der Waals surface area contributed by atoms with Crippen molar-refractivity contribution in [2.24, 2.45) is 5.73 Å². The number of imidazole rings is 1. The Balaban J connectivity index is 2.32. The molecule has 5 N–H and O–H groups in total. The lowest BCUT2D eigenvalue weighted by molar-refractivity contribution is 0.188. The van der Waals surface area contributed by atoms with E-state index in [1.807, 2.05) is 6.07 Å². The van der Waals surface area contributed by atoms with Crippen LogP contribution in [-0.2, 0) is 5.41 Å². The summed E-state index contributed by atoms with van der Waals surface area (Å²) in [5.74, 6) is 0.581. The van der Waals surface area contributed by atoms with E-state index in [2.05, 4.69) is 48.2 Å². The van der Waals surface area contributed by atoms with E-state index in [9.17, 15) is 4.79 Å². The molecule has 2 rings (SSSR count). The van der Waals surface area contributed by atoms with Crippen LogP contribution in [0.5, 0.6) is 0 Å². The molecule has 21 heavy (non-hydrogen) atoms. The van der Waals surface area contributed by atoms with Crippen molar-refractivity contribution < 1.29 is 9.90 Å². The van der Waals surface area contributed by atoms with Crippen molar-refractivity contribution in [3.63, 3.8) is 0 Å². The highest BCUT2D eigenvalue weighted by molar-refractivity contribution is 5.76. The lowest BCUT2D eigenvalue weighted by Crippen LogP contribution is -2.40. The Morgan fingerprint density at radius 3 is 2.67 bits per heavy atom. The molecule has 0 saturated heterocycles. The second-order valence-corrected chi connectivity index (χ2v) is 6.37. The van der Waals surface area contributed by atoms with Gasteiger partial charge < -0.3 is 21.1 Å². The summed E-state index contributed by atoms with van der Waals surface area (Å²) in [5.41, 5.74) is 9.06. The summed E-state index contributed by atoms with van der Waals surface area (Å²) in [4.78, 5) is 18.3. The number of H-pyrrole nitrogens is 1. The van der Waals surface area contributed by atoms with Crippen LogP contribution in [0.3, 0.4) is 0 Å². The van der Waals surface area contributed by atoms with E-state index in [0.717, 1.165) is 11.0 Å². The number of benzene rings is 1. The van der Waals surface area contributed by atoms with Crippen molar-refractivity contribution >= 4 is 17.1 Å². The minimum atomic E-state index is -1.09. The van der Waals surface area contributed by atoms with Gasteiger partial charge in [-0.3, -0.25) is 0 Å². The van der Waals surface area contributed by atoms with Gasteiger partial charge in [-0.15, -0.1) is 0 Å². The van der Waals surface area contributed by atoms with Gasteiger partial charge in [0.2, 0.25) is 0 Å². The van der Waals surface area contributed by atoms with Crippen LogP contribution < -0.4 is 11.1 Å². The first-order valence-corrected chi connectivity index (χ1v) is 6.93. The van der Waals surface area contributed by atoms with Crippen LogP contribution in [0.25, 0.3) is 11.0 Å². The third-order valence-electron chi connectivity index (χ3n) is 3.57. The first kappa shape index (κ1) is 15.3. The number of nitrogens with two attached hydrogens (primary N) is 1. The SMILES string of the molecule is C[C@H](NC(=O)O)[C@@H](N)c1nc2ccc(C(C)(C)C)cc2[nH]1. The standard InChI is InChI=1S/C15H22N4O2/c1-8(17-14(20)21)12(16)13-18-10-6-5-9(15(2,3)4)7-11(10)19-13/h5-8,12,17H,16H2,1-4H3,(H,18,19)(H,20,21)/t8-,12+/m0/s1. The highest BCUT2D eigenvalue weighted by Crippen LogP contribution is 2.26. The lowest BCUT2D eigenvalue weighted by Gasteiger charge is -2.18. The largest absolute Gasteiger partial charge is 0.465 e. The van der Waals surface area contributed by atoms with E-state index in [-0.39, 0.29) is 5.41 Å². The quantitative estimate of drug-likeness (QED) is 0.697. The number of nitrogens with zero attached hydrogens (tertiary/aromatic N) is 1. The van der Waals surface area contributed by atoms with Gasteiger partial charge in [0.05, 0.1) is 23.1 Å². The molecular weight excluding hydrogens is 268 g/mol. The molecule has 114 valence electrons. The zero-order valence-electron chi connectivity index (χ0n) is 12.8. The fraction of sp³-hybridized carbons (Fsp3) is 0.467. The Morgan fingerprint density at radius 2 is 2.10 bits per heavy atom. The van der Waals surface area contributed by atoms with Gasteiger partial charge in [0.25, 0.3) is 0 Å². The maximum atomic E-state index is 10.7. The third kappa shape index (κ3) is 3.33. The molecule has 0 spiro atoms. The zero-order chi connectivity index (χ0) is 15.8. The topological polar surface area (TPSA) is 104 Å². The minimum absolute atomic E-state index is 0.0553. The number of rotatable bonds is 3. The zero-order valence-corrected chi connectivity index (χ0v) is 12.8. The van der Waals surface area contributed by atoms with Gasteiger partial charge in [-0.25, -0.2) is 9.78 Å². The van der Waals surface area contributed by atoms with Crippen molar-refractivity contribution in [3.8, 4) is 0 Å². The number of aromatic nitrogens is 2. The molecule has 1 amide bonds. The molecule has 0 radical (unpaired) electrons. The smallest absolute Gasteiger partial charge is 0.404 e. The molecule has 0 bridgehead atoms. The fourth-order valence-corrected chi connectivity index (χ4v) is 2.18. The number of hydrogen-bond acceptors (Lipinski definition) is 3. The summed E-state index contributed by atoms with van der Waals surface area (Å²) in [5, 5.41) is 11.1. The molecule has 6 nitrogen and oxygen atoms in total. The Morgan fingerprint density at radius 1 is 1.43 bits per heavy atom. The van der Waals surface area contributed by atoms with Crippen LogP contribution in [0.15, 0.2) is 18.2 Å². The van der Waals surface area contributed by atoms with Gasteiger partial charge in [0.15, 0.2) is 0 Å². The Labute approximate surface area is 123 Å². The van der Waals surface area contributed by atoms with Crippen LogP contribution in [0.4, 0.5) is 4.79 Å².